The van der Waals surface area contributed by atoms with Crippen molar-refractivity contribution in [3.05, 3.63) is 48.0 Å². The Balaban J connectivity index is 2.00. The molecule has 132 valence electrons. The number of rotatable bonds is 6. The molecule has 0 saturated carbocycles. The lowest BCUT2D eigenvalue weighted by molar-refractivity contribution is -0.136. The Bertz CT molecular complexity index is 763. The van der Waals surface area contributed by atoms with Crippen LogP contribution in [0.5, 0.6) is 0 Å². The highest BCUT2D eigenvalue weighted by Gasteiger charge is 2.18. The number of carbonyl (C=O) groups is 3. The molecule has 0 aliphatic rings. The highest BCUT2D eigenvalue weighted by atomic mass is 16.3. The van der Waals surface area contributed by atoms with Gasteiger partial charge in [-0.3, -0.25) is 14.4 Å². The van der Waals surface area contributed by atoms with Crippen LogP contribution in [-0.2, 0) is 16.6 Å². The van der Waals surface area contributed by atoms with Crippen LogP contribution in [0.3, 0.4) is 0 Å². The van der Waals surface area contributed by atoms with Gasteiger partial charge in [0.2, 0.25) is 5.78 Å². The fraction of sp³-hybridized carbons (Fsp3) is 0.294. The van der Waals surface area contributed by atoms with Crippen LogP contribution >= 0.6 is 0 Å². The van der Waals surface area contributed by atoms with E-state index in [1.54, 1.807) is 36.9 Å². The molecule has 0 unspecified atom stereocenters. The molecule has 0 spiro atoms. The molecule has 0 bridgehead atoms. The van der Waals surface area contributed by atoms with E-state index in [2.05, 4.69) is 15.6 Å². The molecule has 1 aromatic heterocycles. The first-order valence-electron chi connectivity index (χ1n) is 7.81. The van der Waals surface area contributed by atoms with E-state index in [1.165, 1.54) is 18.3 Å². The van der Waals surface area contributed by atoms with Crippen molar-refractivity contribution in [1.29, 1.82) is 0 Å². The number of carbonyl (C=O) groups excluding carboxylic acids is 3. The van der Waals surface area contributed by atoms with E-state index in [1.807, 2.05) is 0 Å². The van der Waals surface area contributed by atoms with Crippen LogP contribution in [-0.4, -0.2) is 44.9 Å². The van der Waals surface area contributed by atoms with Gasteiger partial charge in [-0.05, 0) is 30.7 Å². The third-order valence-electron chi connectivity index (χ3n) is 3.68. The highest BCUT2D eigenvalue weighted by Crippen LogP contribution is 2.13. The first-order valence-corrected chi connectivity index (χ1v) is 7.81. The summed E-state index contributed by atoms with van der Waals surface area (Å²) in [5.74, 6) is -1.59. The van der Waals surface area contributed by atoms with Gasteiger partial charge in [-0.2, -0.15) is 0 Å². The summed E-state index contributed by atoms with van der Waals surface area (Å²) >= 11 is 0. The second-order valence-electron chi connectivity index (χ2n) is 5.48. The molecule has 1 atom stereocenters. The number of hydrogen-bond acceptors (Lipinski definition) is 5. The van der Waals surface area contributed by atoms with Gasteiger partial charge in [0, 0.05) is 30.7 Å². The molecular weight excluding hydrogens is 324 g/mol. The summed E-state index contributed by atoms with van der Waals surface area (Å²) in [4.78, 5) is 39.9. The van der Waals surface area contributed by atoms with E-state index in [0.29, 0.717) is 23.5 Å². The van der Waals surface area contributed by atoms with Gasteiger partial charge in [0.1, 0.15) is 0 Å². The van der Waals surface area contributed by atoms with Crippen molar-refractivity contribution in [2.45, 2.75) is 19.4 Å². The number of aromatic nitrogens is 2. The van der Waals surface area contributed by atoms with E-state index in [-0.39, 0.29) is 12.4 Å². The van der Waals surface area contributed by atoms with Gasteiger partial charge in [0.15, 0.2) is 5.82 Å². The van der Waals surface area contributed by atoms with Crippen LogP contribution in [0, 0.1) is 0 Å². The minimum absolute atomic E-state index is 0.237. The van der Waals surface area contributed by atoms with Crippen molar-refractivity contribution >= 4 is 23.3 Å². The minimum atomic E-state index is -0.838. The topological polar surface area (TPSA) is 113 Å². The third-order valence-corrected chi connectivity index (χ3v) is 3.68. The SMILES string of the molecule is CC[C@@H](CO)NC(=O)C(=O)Nc1ccc(C(=O)c2nccn2C)cc1. The molecule has 0 radical (unpaired) electrons. The molecule has 3 N–H and O–H groups in total. The second-order valence-corrected chi connectivity index (χ2v) is 5.48. The lowest BCUT2D eigenvalue weighted by atomic mass is 10.1. The van der Waals surface area contributed by atoms with Crippen LogP contribution in [0.1, 0.15) is 29.5 Å². The molecule has 2 aromatic rings. The molecule has 2 amide bonds. The smallest absolute Gasteiger partial charge is 0.313 e. The van der Waals surface area contributed by atoms with Crippen molar-refractivity contribution in [1.82, 2.24) is 14.9 Å². The molecule has 25 heavy (non-hydrogen) atoms. The summed E-state index contributed by atoms with van der Waals surface area (Å²) in [6.07, 6.45) is 3.73. The fourth-order valence-electron chi connectivity index (χ4n) is 2.13. The standard InChI is InChI=1S/C17H20N4O4/c1-3-12(10-22)19-16(24)17(25)20-13-6-4-11(5-7-13)14(23)15-18-8-9-21(15)2/h4-9,12,22H,3,10H2,1-2H3,(H,19,24)(H,20,25)/t12-/m0/s1. The molecule has 0 aliphatic carbocycles. The number of anilines is 1. The van der Waals surface area contributed by atoms with Gasteiger partial charge >= 0.3 is 11.8 Å². The van der Waals surface area contributed by atoms with Gasteiger partial charge in [-0.1, -0.05) is 6.92 Å². The number of aliphatic hydroxyl groups is 1. The largest absolute Gasteiger partial charge is 0.394 e. The Kier molecular flexibility index (Phi) is 6.02. The lowest BCUT2D eigenvalue weighted by Crippen LogP contribution is -2.43. The zero-order valence-corrected chi connectivity index (χ0v) is 14.0. The van der Waals surface area contributed by atoms with E-state index in [4.69, 9.17) is 5.11 Å². The maximum Gasteiger partial charge on any atom is 0.313 e. The van der Waals surface area contributed by atoms with Crippen LogP contribution in [0.4, 0.5) is 5.69 Å². The number of amides is 2. The quantitative estimate of drug-likeness (QED) is 0.521. The van der Waals surface area contributed by atoms with Crippen LogP contribution in [0.25, 0.3) is 0 Å². The molecule has 0 aliphatic heterocycles. The fourth-order valence-corrected chi connectivity index (χ4v) is 2.13. The normalized spacial score (nSPS) is 11.6. The molecule has 2 rings (SSSR count). The third kappa shape index (κ3) is 4.51. The number of nitrogens with zero attached hydrogens (tertiary/aromatic N) is 2. The molecular formula is C17H20N4O4. The predicted octanol–water partition coefficient (Wildman–Crippen LogP) is 0.477. The molecule has 0 saturated heterocycles. The van der Waals surface area contributed by atoms with Crippen molar-refractivity contribution in [2.24, 2.45) is 7.05 Å². The summed E-state index contributed by atoms with van der Waals surface area (Å²) in [5.41, 5.74) is 0.802. The van der Waals surface area contributed by atoms with Crippen molar-refractivity contribution in [3.63, 3.8) is 0 Å². The number of benzene rings is 1. The highest BCUT2D eigenvalue weighted by molar-refractivity contribution is 6.39. The zero-order chi connectivity index (χ0) is 18.4. The van der Waals surface area contributed by atoms with Crippen LogP contribution < -0.4 is 10.6 Å². The number of imidazole rings is 1. The average Bonchev–Trinajstić information content (AvgIpc) is 3.05. The summed E-state index contributed by atoms with van der Waals surface area (Å²) in [7, 11) is 1.73. The number of aryl methyl sites for hydroxylation is 1. The number of nitrogens with one attached hydrogen (secondary N) is 2. The molecule has 8 nitrogen and oxygen atoms in total. The zero-order valence-electron chi connectivity index (χ0n) is 14.0. The van der Waals surface area contributed by atoms with Gasteiger partial charge in [0.25, 0.3) is 0 Å². The summed E-state index contributed by atoms with van der Waals surface area (Å²) in [5, 5.41) is 13.9. The monoisotopic (exact) mass is 344 g/mol. The lowest BCUT2D eigenvalue weighted by Gasteiger charge is -2.13. The van der Waals surface area contributed by atoms with Crippen molar-refractivity contribution in [3.8, 4) is 0 Å². The average molecular weight is 344 g/mol. The van der Waals surface area contributed by atoms with Gasteiger partial charge in [-0.25, -0.2) is 4.98 Å². The number of ketones is 1. The Morgan fingerprint density at radius 3 is 2.40 bits per heavy atom. The van der Waals surface area contributed by atoms with E-state index in [9.17, 15) is 14.4 Å². The number of aliphatic hydroxyl groups excluding tert-OH is 1. The summed E-state index contributed by atoms with van der Waals surface area (Å²) in [6, 6.07) is 5.70. The van der Waals surface area contributed by atoms with Crippen LogP contribution in [0.2, 0.25) is 0 Å². The van der Waals surface area contributed by atoms with Crippen molar-refractivity contribution < 1.29 is 19.5 Å². The Labute approximate surface area is 144 Å². The van der Waals surface area contributed by atoms with E-state index < -0.39 is 17.9 Å². The van der Waals surface area contributed by atoms with Gasteiger partial charge < -0.3 is 20.3 Å². The van der Waals surface area contributed by atoms with Crippen LogP contribution in [0.15, 0.2) is 36.7 Å². The predicted molar refractivity (Wildman–Crippen MR) is 91.0 cm³/mol. The number of hydrogen-bond donors (Lipinski definition) is 3. The van der Waals surface area contributed by atoms with Crippen molar-refractivity contribution in [2.75, 3.05) is 11.9 Å². The van der Waals surface area contributed by atoms with Gasteiger partial charge in [-0.15, -0.1) is 0 Å². The van der Waals surface area contributed by atoms with E-state index >= 15 is 0 Å². The molecule has 1 aromatic carbocycles. The first kappa shape index (κ1) is 18.3. The molecule has 1 heterocycles. The maximum absolute atomic E-state index is 12.3. The second kappa shape index (κ2) is 8.20. The van der Waals surface area contributed by atoms with Gasteiger partial charge in [0.05, 0.1) is 12.6 Å². The summed E-state index contributed by atoms with van der Waals surface area (Å²) in [6.45, 7) is 1.55. The molecule has 0 fully saturated rings. The first-order chi connectivity index (χ1) is 12.0. The maximum atomic E-state index is 12.3. The Morgan fingerprint density at radius 2 is 1.88 bits per heavy atom. The summed E-state index contributed by atoms with van der Waals surface area (Å²) < 4.78 is 1.62. The molecule has 8 heteroatoms. The van der Waals surface area contributed by atoms with E-state index in [0.717, 1.165) is 0 Å². The Hall–Kier alpha value is -3.00. The Morgan fingerprint density at radius 1 is 1.20 bits per heavy atom. The minimum Gasteiger partial charge on any atom is -0.394 e.